The summed E-state index contributed by atoms with van der Waals surface area (Å²) in [4.78, 5) is 15.1. The molecule has 4 rings (SSSR count). The van der Waals surface area contributed by atoms with Gasteiger partial charge in [-0.2, -0.15) is 0 Å². The maximum Gasteiger partial charge on any atom is 0.269 e. The fraction of sp³-hybridized carbons (Fsp3) is 0. The van der Waals surface area contributed by atoms with E-state index in [-0.39, 0.29) is 5.69 Å². The zero-order chi connectivity index (χ0) is 17.9. The third kappa shape index (κ3) is 3.10. The number of aromatic nitrogens is 1. The molecule has 5 nitrogen and oxygen atoms in total. The van der Waals surface area contributed by atoms with Crippen LogP contribution in [0.15, 0.2) is 84.9 Å². The molecular formula is C21H14N2O3. The van der Waals surface area contributed by atoms with Gasteiger partial charge in [0, 0.05) is 29.1 Å². The van der Waals surface area contributed by atoms with Crippen molar-refractivity contribution in [3.63, 3.8) is 0 Å². The molecule has 0 unspecified atom stereocenters. The Balaban J connectivity index is 1.79. The van der Waals surface area contributed by atoms with Crippen LogP contribution < -0.4 is 4.74 Å². The molecule has 0 N–H and O–H groups in total. The minimum absolute atomic E-state index is 0.0295. The number of benzene rings is 3. The topological polar surface area (TPSA) is 65.3 Å². The largest absolute Gasteiger partial charge is 0.457 e. The van der Waals surface area contributed by atoms with Crippen molar-refractivity contribution in [3.05, 3.63) is 95.0 Å². The SMILES string of the molecule is O=[N+]([O-])c1ccc(Oc2cc(-c3ccccc3)nc3ccccc23)cc1. The third-order valence-electron chi connectivity index (χ3n) is 4.02. The van der Waals surface area contributed by atoms with Crippen LogP contribution in [0.3, 0.4) is 0 Å². The van der Waals surface area contributed by atoms with Crippen LogP contribution in [0, 0.1) is 10.1 Å². The Bertz CT molecular complexity index is 1080. The van der Waals surface area contributed by atoms with Crippen LogP contribution in [0.2, 0.25) is 0 Å². The van der Waals surface area contributed by atoms with E-state index in [1.54, 1.807) is 12.1 Å². The van der Waals surface area contributed by atoms with Gasteiger partial charge in [-0.1, -0.05) is 42.5 Å². The number of pyridine rings is 1. The number of non-ortho nitro benzene ring substituents is 1. The van der Waals surface area contributed by atoms with Gasteiger partial charge in [-0.05, 0) is 24.3 Å². The first-order valence-corrected chi connectivity index (χ1v) is 8.08. The first-order chi connectivity index (χ1) is 12.7. The van der Waals surface area contributed by atoms with Crippen molar-refractivity contribution in [1.82, 2.24) is 4.98 Å². The molecule has 1 heterocycles. The van der Waals surface area contributed by atoms with Crippen molar-refractivity contribution in [1.29, 1.82) is 0 Å². The summed E-state index contributed by atoms with van der Waals surface area (Å²) < 4.78 is 6.03. The molecule has 0 aliphatic heterocycles. The molecule has 0 bridgehead atoms. The Labute approximate surface area is 149 Å². The van der Waals surface area contributed by atoms with Crippen LogP contribution >= 0.6 is 0 Å². The van der Waals surface area contributed by atoms with E-state index < -0.39 is 4.92 Å². The standard InChI is InChI=1S/C21H14N2O3/c24-23(25)16-10-12-17(13-11-16)26-21-14-20(15-6-2-1-3-7-15)22-19-9-5-4-8-18(19)21/h1-14H. The molecule has 26 heavy (non-hydrogen) atoms. The van der Waals surface area contributed by atoms with Gasteiger partial charge in [0.05, 0.1) is 16.1 Å². The number of nitro benzene ring substituents is 1. The fourth-order valence-electron chi connectivity index (χ4n) is 2.75. The number of hydrogen-bond donors (Lipinski definition) is 0. The van der Waals surface area contributed by atoms with Gasteiger partial charge in [0.25, 0.3) is 5.69 Å². The van der Waals surface area contributed by atoms with Gasteiger partial charge >= 0.3 is 0 Å². The fourth-order valence-corrected chi connectivity index (χ4v) is 2.75. The molecule has 3 aromatic carbocycles. The van der Waals surface area contributed by atoms with Crippen LogP contribution in [0.1, 0.15) is 0 Å². The number of para-hydroxylation sites is 1. The summed E-state index contributed by atoms with van der Waals surface area (Å²) in [5, 5.41) is 11.7. The molecule has 4 aromatic rings. The summed E-state index contributed by atoms with van der Waals surface area (Å²) in [5.41, 5.74) is 2.65. The number of rotatable bonds is 4. The summed E-state index contributed by atoms with van der Waals surface area (Å²) in [6.45, 7) is 0. The molecule has 0 spiro atoms. The number of hydrogen-bond acceptors (Lipinski definition) is 4. The smallest absolute Gasteiger partial charge is 0.269 e. The lowest BCUT2D eigenvalue weighted by atomic mass is 10.1. The van der Waals surface area contributed by atoms with Crippen molar-refractivity contribution in [2.75, 3.05) is 0 Å². The second-order valence-corrected chi connectivity index (χ2v) is 5.74. The van der Waals surface area contributed by atoms with Crippen molar-refractivity contribution < 1.29 is 9.66 Å². The maximum absolute atomic E-state index is 10.8. The third-order valence-corrected chi connectivity index (χ3v) is 4.02. The number of ether oxygens (including phenoxy) is 1. The molecule has 1 aromatic heterocycles. The quantitative estimate of drug-likeness (QED) is 0.357. The van der Waals surface area contributed by atoms with Crippen LogP contribution in [0.5, 0.6) is 11.5 Å². The van der Waals surface area contributed by atoms with E-state index in [0.717, 1.165) is 22.2 Å². The second kappa shape index (κ2) is 6.64. The van der Waals surface area contributed by atoms with Crippen LogP contribution in [-0.2, 0) is 0 Å². The van der Waals surface area contributed by atoms with Gasteiger partial charge in [-0.15, -0.1) is 0 Å². The predicted molar refractivity (Wildman–Crippen MR) is 100 cm³/mol. The number of nitrogens with zero attached hydrogens (tertiary/aromatic N) is 2. The Morgan fingerprint density at radius 3 is 2.27 bits per heavy atom. The lowest BCUT2D eigenvalue weighted by Crippen LogP contribution is -1.92. The minimum Gasteiger partial charge on any atom is -0.457 e. The zero-order valence-electron chi connectivity index (χ0n) is 13.7. The zero-order valence-corrected chi connectivity index (χ0v) is 13.7. The summed E-state index contributed by atoms with van der Waals surface area (Å²) in [6.07, 6.45) is 0. The molecule has 5 heteroatoms. The summed E-state index contributed by atoms with van der Waals surface area (Å²) in [7, 11) is 0. The average molecular weight is 342 g/mol. The van der Waals surface area contributed by atoms with Gasteiger partial charge in [0.1, 0.15) is 11.5 Å². The first-order valence-electron chi connectivity index (χ1n) is 8.08. The van der Waals surface area contributed by atoms with Gasteiger partial charge in [0.15, 0.2) is 0 Å². The highest BCUT2D eigenvalue weighted by Gasteiger charge is 2.10. The van der Waals surface area contributed by atoms with E-state index in [1.807, 2.05) is 60.7 Å². The van der Waals surface area contributed by atoms with Crippen LogP contribution in [0.25, 0.3) is 22.2 Å². The second-order valence-electron chi connectivity index (χ2n) is 5.74. The van der Waals surface area contributed by atoms with Crippen molar-refractivity contribution in [3.8, 4) is 22.8 Å². The van der Waals surface area contributed by atoms with E-state index in [1.165, 1.54) is 12.1 Å². The molecule has 0 aliphatic carbocycles. The van der Waals surface area contributed by atoms with Gasteiger partial charge < -0.3 is 4.74 Å². The molecule has 126 valence electrons. The van der Waals surface area contributed by atoms with Crippen molar-refractivity contribution in [2.45, 2.75) is 0 Å². The predicted octanol–water partition coefficient (Wildman–Crippen LogP) is 5.60. The lowest BCUT2D eigenvalue weighted by molar-refractivity contribution is -0.384. The average Bonchev–Trinajstić information content (AvgIpc) is 2.69. The Morgan fingerprint density at radius 2 is 1.54 bits per heavy atom. The van der Waals surface area contributed by atoms with Crippen molar-refractivity contribution >= 4 is 16.6 Å². The van der Waals surface area contributed by atoms with E-state index >= 15 is 0 Å². The van der Waals surface area contributed by atoms with E-state index in [2.05, 4.69) is 0 Å². The van der Waals surface area contributed by atoms with Crippen LogP contribution in [0.4, 0.5) is 5.69 Å². The van der Waals surface area contributed by atoms with Crippen LogP contribution in [-0.4, -0.2) is 9.91 Å². The summed E-state index contributed by atoms with van der Waals surface area (Å²) in [5.74, 6) is 1.19. The maximum atomic E-state index is 10.8. The lowest BCUT2D eigenvalue weighted by Gasteiger charge is -2.11. The van der Waals surface area contributed by atoms with Gasteiger partial charge in [0.2, 0.25) is 0 Å². The molecule has 0 saturated carbocycles. The number of fused-ring (bicyclic) bond motifs is 1. The summed E-state index contributed by atoms with van der Waals surface area (Å²) >= 11 is 0. The normalized spacial score (nSPS) is 10.6. The first kappa shape index (κ1) is 15.8. The van der Waals surface area contributed by atoms with E-state index in [0.29, 0.717) is 11.5 Å². The summed E-state index contributed by atoms with van der Waals surface area (Å²) in [6, 6.07) is 25.5. The highest BCUT2D eigenvalue weighted by Crippen LogP contribution is 2.33. The molecule has 0 fully saturated rings. The van der Waals surface area contributed by atoms with Gasteiger partial charge in [-0.3, -0.25) is 10.1 Å². The molecule has 0 aliphatic rings. The van der Waals surface area contributed by atoms with Gasteiger partial charge in [-0.25, -0.2) is 4.98 Å². The Hall–Kier alpha value is -3.73. The molecular weight excluding hydrogens is 328 g/mol. The minimum atomic E-state index is -0.431. The molecule has 0 atom stereocenters. The highest BCUT2D eigenvalue weighted by atomic mass is 16.6. The number of nitro groups is 1. The molecule has 0 radical (unpaired) electrons. The Morgan fingerprint density at radius 1 is 0.846 bits per heavy atom. The monoisotopic (exact) mass is 342 g/mol. The Kier molecular flexibility index (Phi) is 4.03. The molecule has 0 saturated heterocycles. The van der Waals surface area contributed by atoms with E-state index in [4.69, 9.17) is 9.72 Å². The van der Waals surface area contributed by atoms with Crippen molar-refractivity contribution in [2.24, 2.45) is 0 Å². The molecule has 0 amide bonds. The highest BCUT2D eigenvalue weighted by molar-refractivity contribution is 5.88. The van der Waals surface area contributed by atoms with E-state index in [9.17, 15) is 10.1 Å².